The van der Waals surface area contributed by atoms with Crippen LogP contribution >= 0.6 is 11.3 Å². The number of ether oxygens (including phenoxy) is 1. The van der Waals surface area contributed by atoms with E-state index < -0.39 is 0 Å². The molecule has 0 saturated carbocycles. The highest BCUT2D eigenvalue weighted by Gasteiger charge is 2.14. The van der Waals surface area contributed by atoms with Crippen LogP contribution in [0.1, 0.15) is 29.6 Å². The molecule has 0 amide bonds. The lowest BCUT2D eigenvalue weighted by Crippen LogP contribution is -2.20. The van der Waals surface area contributed by atoms with E-state index in [1.165, 1.54) is 22.2 Å². The van der Waals surface area contributed by atoms with Gasteiger partial charge in [0.2, 0.25) is 5.89 Å². The molecule has 3 rings (SSSR count). The Morgan fingerprint density at radius 3 is 3.10 bits per heavy atom. The number of aromatic nitrogens is 4. The average Bonchev–Trinajstić information content (AvgIpc) is 3.07. The SMILES string of the molecule is CO[C@@H](C)c1noc(Cn2cnc3sc(C)cc3c2=O)n1. The number of methoxy groups -OCH3 is 1. The Bertz CT molecular complexity index is 835. The summed E-state index contributed by atoms with van der Waals surface area (Å²) < 4.78 is 11.7. The van der Waals surface area contributed by atoms with E-state index in [2.05, 4.69) is 15.1 Å². The van der Waals surface area contributed by atoms with Crippen LogP contribution in [0.3, 0.4) is 0 Å². The first-order valence-corrected chi connectivity index (χ1v) is 7.21. The first-order valence-electron chi connectivity index (χ1n) is 6.39. The summed E-state index contributed by atoms with van der Waals surface area (Å²) in [7, 11) is 1.57. The lowest BCUT2D eigenvalue weighted by atomic mass is 10.3. The van der Waals surface area contributed by atoms with Gasteiger partial charge in [0.1, 0.15) is 17.5 Å². The summed E-state index contributed by atoms with van der Waals surface area (Å²) in [4.78, 5) is 22.7. The molecule has 0 saturated heterocycles. The van der Waals surface area contributed by atoms with Gasteiger partial charge in [-0.15, -0.1) is 11.3 Å². The predicted molar refractivity (Wildman–Crippen MR) is 77.4 cm³/mol. The highest BCUT2D eigenvalue weighted by atomic mass is 32.1. The van der Waals surface area contributed by atoms with Crippen molar-refractivity contribution in [2.75, 3.05) is 7.11 Å². The van der Waals surface area contributed by atoms with Crippen LogP contribution in [0.2, 0.25) is 0 Å². The van der Waals surface area contributed by atoms with Crippen LogP contribution in [0.15, 0.2) is 21.7 Å². The Kier molecular flexibility index (Phi) is 3.56. The largest absolute Gasteiger partial charge is 0.374 e. The van der Waals surface area contributed by atoms with Crippen molar-refractivity contribution >= 4 is 21.6 Å². The molecule has 3 aromatic rings. The number of rotatable bonds is 4. The van der Waals surface area contributed by atoms with Crippen molar-refractivity contribution in [1.82, 2.24) is 19.7 Å². The number of fused-ring (bicyclic) bond motifs is 1. The molecular formula is C13H14N4O3S. The number of nitrogens with zero attached hydrogens (tertiary/aromatic N) is 4. The number of thiophene rings is 1. The highest BCUT2D eigenvalue weighted by molar-refractivity contribution is 7.18. The summed E-state index contributed by atoms with van der Waals surface area (Å²) in [6, 6.07) is 1.85. The highest BCUT2D eigenvalue weighted by Crippen LogP contribution is 2.19. The topological polar surface area (TPSA) is 83.0 Å². The van der Waals surface area contributed by atoms with E-state index in [4.69, 9.17) is 9.26 Å². The smallest absolute Gasteiger partial charge is 0.262 e. The third-order valence-corrected chi connectivity index (χ3v) is 4.11. The standard InChI is InChI=1S/C13H14N4O3S/c1-7-4-9-12(21-7)14-6-17(13(9)18)5-10-15-11(16-20-10)8(2)19-3/h4,6,8H,5H2,1-3H3/t8-/m0/s1. The van der Waals surface area contributed by atoms with E-state index in [9.17, 15) is 4.79 Å². The summed E-state index contributed by atoms with van der Waals surface area (Å²) in [5.41, 5.74) is -0.108. The van der Waals surface area contributed by atoms with Gasteiger partial charge in [-0.25, -0.2) is 4.98 Å². The third-order valence-electron chi connectivity index (χ3n) is 3.15. The van der Waals surface area contributed by atoms with Crippen LogP contribution in [0.25, 0.3) is 10.2 Å². The molecule has 3 heterocycles. The van der Waals surface area contributed by atoms with Crippen LogP contribution in [0, 0.1) is 6.92 Å². The van der Waals surface area contributed by atoms with E-state index in [-0.39, 0.29) is 18.2 Å². The predicted octanol–water partition coefficient (Wildman–Crippen LogP) is 1.91. The van der Waals surface area contributed by atoms with E-state index in [1.54, 1.807) is 7.11 Å². The molecule has 0 aromatic carbocycles. The van der Waals surface area contributed by atoms with Gasteiger partial charge in [0, 0.05) is 12.0 Å². The fraction of sp³-hybridized carbons (Fsp3) is 0.385. The number of hydrogen-bond acceptors (Lipinski definition) is 7. The van der Waals surface area contributed by atoms with Crippen molar-refractivity contribution in [2.24, 2.45) is 0 Å². The van der Waals surface area contributed by atoms with Crippen LogP contribution in [0.4, 0.5) is 0 Å². The summed E-state index contributed by atoms with van der Waals surface area (Å²) in [5.74, 6) is 0.810. The molecule has 0 spiro atoms. The molecule has 110 valence electrons. The van der Waals surface area contributed by atoms with E-state index in [1.807, 2.05) is 19.9 Å². The molecule has 0 N–H and O–H groups in total. The van der Waals surface area contributed by atoms with Crippen molar-refractivity contribution in [3.8, 4) is 0 Å². The Balaban J connectivity index is 1.93. The van der Waals surface area contributed by atoms with Gasteiger partial charge in [0.15, 0.2) is 5.82 Å². The van der Waals surface area contributed by atoms with Gasteiger partial charge >= 0.3 is 0 Å². The Morgan fingerprint density at radius 2 is 2.33 bits per heavy atom. The second-order valence-corrected chi connectivity index (χ2v) is 5.91. The zero-order valence-corrected chi connectivity index (χ0v) is 12.7. The summed E-state index contributed by atoms with van der Waals surface area (Å²) in [5, 5.41) is 4.45. The maximum Gasteiger partial charge on any atom is 0.262 e. The van der Waals surface area contributed by atoms with Gasteiger partial charge in [-0.05, 0) is 19.9 Å². The molecule has 0 bridgehead atoms. The first-order chi connectivity index (χ1) is 10.1. The third kappa shape index (κ3) is 2.59. The van der Waals surface area contributed by atoms with Gasteiger partial charge in [-0.2, -0.15) is 4.98 Å². The fourth-order valence-electron chi connectivity index (χ4n) is 1.94. The molecule has 3 aromatic heterocycles. The Labute approximate surface area is 124 Å². The Morgan fingerprint density at radius 1 is 1.52 bits per heavy atom. The van der Waals surface area contributed by atoms with Crippen molar-refractivity contribution in [1.29, 1.82) is 0 Å². The molecule has 21 heavy (non-hydrogen) atoms. The number of aryl methyl sites for hydroxylation is 1. The van der Waals surface area contributed by atoms with Crippen LogP contribution in [0.5, 0.6) is 0 Å². The lowest BCUT2D eigenvalue weighted by molar-refractivity contribution is 0.109. The molecule has 8 heteroatoms. The fourth-order valence-corrected chi connectivity index (χ4v) is 2.78. The minimum absolute atomic E-state index is 0.108. The quantitative estimate of drug-likeness (QED) is 0.732. The summed E-state index contributed by atoms with van der Waals surface area (Å²) >= 11 is 1.50. The second kappa shape index (κ2) is 5.38. The van der Waals surface area contributed by atoms with Crippen molar-refractivity contribution < 1.29 is 9.26 Å². The molecule has 0 unspecified atom stereocenters. The molecule has 0 radical (unpaired) electrons. The van der Waals surface area contributed by atoms with Crippen LogP contribution in [-0.2, 0) is 11.3 Å². The molecule has 0 aliphatic heterocycles. The zero-order valence-electron chi connectivity index (χ0n) is 11.9. The minimum atomic E-state index is -0.251. The maximum absolute atomic E-state index is 12.4. The summed E-state index contributed by atoms with van der Waals surface area (Å²) in [6.45, 7) is 3.97. The van der Waals surface area contributed by atoms with Crippen LogP contribution < -0.4 is 5.56 Å². The van der Waals surface area contributed by atoms with E-state index in [0.717, 1.165) is 9.71 Å². The monoisotopic (exact) mass is 306 g/mol. The maximum atomic E-state index is 12.4. The molecule has 0 fully saturated rings. The molecule has 7 nitrogen and oxygen atoms in total. The van der Waals surface area contributed by atoms with Crippen molar-refractivity contribution in [3.63, 3.8) is 0 Å². The summed E-state index contributed by atoms with van der Waals surface area (Å²) in [6.07, 6.45) is 1.25. The second-order valence-electron chi connectivity index (χ2n) is 4.68. The molecule has 0 aliphatic rings. The molecule has 0 aliphatic carbocycles. The Hall–Kier alpha value is -2.06. The molecular weight excluding hydrogens is 292 g/mol. The normalized spacial score (nSPS) is 12.9. The molecule has 1 atom stereocenters. The van der Waals surface area contributed by atoms with E-state index in [0.29, 0.717) is 17.1 Å². The minimum Gasteiger partial charge on any atom is -0.374 e. The van der Waals surface area contributed by atoms with Gasteiger partial charge in [0.25, 0.3) is 5.56 Å². The van der Waals surface area contributed by atoms with Crippen LogP contribution in [-0.4, -0.2) is 26.8 Å². The van der Waals surface area contributed by atoms with Gasteiger partial charge < -0.3 is 9.26 Å². The van der Waals surface area contributed by atoms with Crippen molar-refractivity contribution in [3.05, 3.63) is 39.3 Å². The zero-order chi connectivity index (χ0) is 15.0. The van der Waals surface area contributed by atoms with Crippen molar-refractivity contribution in [2.45, 2.75) is 26.5 Å². The van der Waals surface area contributed by atoms with Gasteiger partial charge in [0.05, 0.1) is 11.7 Å². The number of hydrogen-bond donors (Lipinski definition) is 0. The lowest BCUT2D eigenvalue weighted by Gasteiger charge is -2.02. The first kappa shape index (κ1) is 13.9. The van der Waals surface area contributed by atoms with Gasteiger partial charge in [-0.1, -0.05) is 5.16 Å². The van der Waals surface area contributed by atoms with Gasteiger partial charge in [-0.3, -0.25) is 9.36 Å². The van der Waals surface area contributed by atoms with E-state index >= 15 is 0 Å². The average molecular weight is 306 g/mol.